The van der Waals surface area contributed by atoms with Gasteiger partial charge in [-0.3, -0.25) is 4.79 Å². The summed E-state index contributed by atoms with van der Waals surface area (Å²) in [4.78, 5) is 17.1. The van der Waals surface area contributed by atoms with Crippen molar-refractivity contribution >= 4 is 17.2 Å². The molecule has 7 heteroatoms. The van der Waals surface area contributed by atoms with E-state index in [1.54, 1.807) is 18.2 Å². The van der Waals surface area contributed by atoms with E-state index < -0.39 is 0 Å². The number of benzene rings is 2. The van der Waals surface area contributed by atoms with Gasteiger partial charge in [-0.2, -0.15) is 0 Å². The molecule has 1 amide bonds. The Morgan fingerprint density at radius 3 is 2.74 bits per heavy atom. The Hall–Kier alpha value is -4.39. The topological polar surface area (TPSA) is 81.7 Å². The van der Waals surface area contributed by atoms with Crippen molar-refractivity contribution in [1.82, 2.24) is 14.5 Å². The summed E-state index contributed by atoms with van der Waals surface area (Å²) in [7, 11) is 0. The molecule has 0 aliphatic carbocycles. The molecule has 0 saturated heterocycles. The lowest BCUT2D eigenvalue weighted by Gasteiger charge is -2.07. The minimum absolute atomic E-state index is 0.204. The zero-order valence-electron chi connectivity index (χ0n) is 16.4. The fourth-order valence-electron chi connectivity index (χ4n) is 3.19. The van der Waals surface area contributed by atoms with Gasteiger partial charge in [0.15, 0.2) is 11.5 Å². The Kier molecular flexibility index (Phi) is 4.90. The van der Waals surface area contributed by atoms with E-state index in [9.17, 15) is 4.79 Å². The number of carbonyl (C=O) groups is 1. The molecule has 0 unspecified atom stereocenters. The van der Waals surface area contributed by atoms with Gasteiger partial charge in [0.1, 0.15) is 18.0 Å². The van der Waals surface area contributed by atoms with Crippen molar-refractivity contribution in [2.45, 2.75) is 6.61 Å². The van der Waals surface area contributed by atoms with E-state index in [-0.39, 0.29) is 11.6 Å². The van der Waals surface area contributed by atoms with Crippen molar-refractivity contribution in [1.29, 1.82) is 0 Å². The van der Waals surface area contributed by atoms with Crippen LogP contribution in [0.2, 0.25) is 0 Å². The van der Waals surface area contributed by atoms with Crippen LogP contribution in [0, 0.1) is 0 Å². The summed E-state index contributed by atoms with van der Waals surface area (Å²) in [5.74, 6) is 0.804. The fourth-order valence-corrected chi connectivity index (χ4v) is 3.19. The number of hydrogen-bond acceptors (Lipinski definition) is 5. The monoisotopic (exact) mass is 410 g/mol. The molecule has 0 aliphatic heterocycles. The highest BCUT2D eigenvalue weighted by Crippen LogP contribution is 2.22. The molecule has 0 saturated carbocycles. The summed E-state index contributed by atoms with van der Waals surface area (Å²) < 4.78 is 13.1. The molecule has 1 N–H and O–H groups in total. The minimum Gasteiger partial charge on any atom is -0.487 e. The summed E-state index contributed by atoms with van der Waals surface area (Å²) in [6.45, 7) is 0.322. The molecule has 3 aromatic heterocycles. The number of anilines is 1. The second-order valence-corrected chi connectivity index (χ2v) is 6.91. The quantitative estimate of drug-likeness (QED) is 0.434. The third kappa shape index (κ3) is 4.16. The maximum absolute atomic E-state index is 12.6. The van der Waals surface area contributed by atoms with Gasteiger partial charge in [-0.1, -0.05) is 47.6 Å². The number of ether oxygens (including phenoxy) is 1. The molecule has 0 aliphatic rings. The molecule has 5 aromatic rings. The van der Waals surface area contributed by atoms with Gasteiger partial charge in [0.25, 0.3) is 5.91 Å². The van der Waals surface area contributed by atoms with Crippen LogP contribution in [-0.2, 0) is 6.61 Å². The first-order valence-corrected chi connectivity index (χ1v) is 9.73. The average molecular weight is 410 g/mol. The molecule has 0 radical (unpaired) electrons. The highest BCUT2D eigenvalue weighted by Gasteiger charge is 2.14. The van der Waals surface area contributed by atoms with Crippen molar-refractivity contribution < 1.29 is 14.1 Å². The number of pyridine rings is 1. The smallest absolute Gasteiger partial charge is 0.277 e. The van der Waals surface area contributed by atoms with Gasteiger partial charge in [-0.15, -0.1) is 0 Å². The molecule has 0 atom stereocenters. The lowest BCUT2D eigenvalue weighted by molar-refractivity contribution is 0.101. The van der Waals surface area contributed by atoms with Crippen LogP contribution in [0.4, 0.5) is 5.69 Å². The van der Waals surface area contributed by atoms with E-state index >= 15 is 0 Å². The average Bonchev–Trinajstić information content (AvgIpc) is 3.46. The Bertz CT molecular complexity index is 1310. The predicted molar refractivity (Wildman–Crippen MR) is 116 cm³/mol. The van der Waals surface area contributed by atoms with E-state index in [1.165, 1.54) is 0 Å². The van der Waals surface area contributed by atoms with Crippen LogP contribution < -0.4 is 10.1 Å². The lowest BCUT2D eigenvalue weighted by Crippen LogP contribution is -2.12. The molecule has 31 heavy (non-hydrogen) atoms. The highest BCUT2D eigenvalue weighted by molar-refractivity contribution is 6.03. The molecule has 5 rings (SSSR count). The molecule has 0 spiro atoms. The zero-order valence-corrected chi connectivity index (χ0v) is 16.4. The first-order chi connectivity index (χ1) is 15.2. The number of rotatable bonds is 6. The van der Waals surface area contributed by atoms with Crippen molar-refractivity contribution in [3.63, 3.8) is 0 Å². The molecule has 152 valence electrons. The normalized spacial score (nSPS) is 10.8. The second kappa shape index (κ2) is 8.16. The van der Waals surface area contributed by atoms with Crippen molar-refractivity contribution in [2.75, 3.05) is 5.32 Å². The largest absolute Gasteiger partial charge is 0.487 e. The van der Waals surface area contributed by atoms with Crippen LogP contribution in [0.3, 0.4) is 0 Å². The lowest BCUT2D eigenvalue weighted by atomic mass is 10.1. The summed E-state index contributed by atoms with van der Waals surface area (Å²) in [6, 6.07) is 24.1. The summed E-state index contributed by atoms with van der Waals surface area (Å²) in [6.07, 6.45) is 3.87. The molecule has 2 aromatic carbocycles. The van der Waals surface area contributed by atoms with Gasteiger partial charge in [-0.25, -0.2) is 4.98 Å². The van der Waals surface area contributed by atoms with Crippen molar-refractivity contribution in [2.24, 2.45) is 0 Å². The Morgan fingerprint density at radius 2 is 1.87 bits per heavy atom. The predicted octanol–water partition coefficient (Wildman–Crippen LogP) is 4.82. The fraction of sp³-hybridized carbons (Fsp3) is 0.0417. The van der Waals surface area contributed by atoms with Crippen LogP contribution in [0.5, 0.6) is 5.75 Å². The van der Waals surface area contributed by atoms with Gasteiger partial charge in [0.05, 0.1) is 5.69 Å². The summed E-state index contributed by atoms with van der Waals surface area (Å²) >= 11 is 0. The summed E-state index contributed by atoms with van der Waals surface area (Å²) in [5, 5.41) is 6.70. The van der Waals surface area contributed by atoms with Crippen LogP contribution in [0.15, 0.2) is 95.8 Å². The SMILES string of the molecule is O=C(Nc1cccc(OCc2cn3ccccc3n2)c1)c1cc(-c2ccccc2)on1. The number of fused-ring (bicyclic) bond motifs is 1. The molecular formula is C24H18N4O3. The summed E-state index contributed by atoms with van der Waals surface area (Å²) in [5.41, 5.74) is 3.34. The van der Waals surface area contributed by atoms with E-state index in [0.717, 1.165) is 16.9 Å². The second-order valence-electron chi connectivity index (χ2n) is 6.91. The third-order valence-corrected chi connectivity index (χ3v) is 4.69. The van der Waals surface area contributed by atoms with Gasteiger partial charge < -0.3 is 19.0 Å². The number of carbonyl (C=O) groups excluding carboxylic acids is 1. The molecule has 0 bridgehead atoms. The standard InChI is InChI=1S/C24H18N4O3/c29-24(21-14-22(31-27-21)17-7-2-1-3-8-17)26-18-9-6-10-20(13-18)30-16-19-15-28-12-5-4-11-23(28)25-19/h1-15H,16H2,(H,26,29). The van der Waals surface area contributed by atoms with Gasteiger partial charge >= 0.3 is 0 Å². The van der Waals surface area contributed by atoms with Crippen LogP contribution in [-0.4, -0.2) is 20.4 Å². The number of imidazole rings is 1. The third-order valence-electron chi connectivity index (χ3n) is 4.69. The highest BCUT2D eigenvalue weighted by atomic mass is 16.5. The van der Waals surface area contributed by atoms with Gasteiger partial charge in [0.2, 0.25) is 0 Å². The maximum Gasteiger partial charge on any atom is 0.277 e. The minimum atomic E-state index is -0.358. The Labute approximate surface area is 177 Å². The van der Waals surface area contributed by atoms with Crippen molar-refractivity contribution in [3.8, 4) is 17.1 Å². The van der Waals surface area contributed by atoms with Crippen LogP contribution >= 0.6 is 0 Å². The Morgan fingerprint density at radius 1 is 1.00 bits per heavy atom. The Balaban J connectivity index is 1.25. The first kappa shape index (κ1) is 18.6. The van der Waals surface area contributed by atoms with E-state index in [4.69, 9.17) is 9.26 Å². The van der Waals surface area contributed by atoms with Gasteiger partial charge in [-0.05, 0) is 24.3 Å². The zero-order chi connectivity index (χ0) is 21.0. The maximum atomic E-state index is 12.6. The van der Waals surface area contributed by atoms with Crippen LogP contribution in [0.25, 0.3) is 17.0 Å². The number of aromatic nitrogens is 3. The number of nitrogens with one attached hydrogen (secondary N) is 1. The van der Waals surface area contributed by atoms with E-state index in [2.05, 4.69) is 15.5 Å². The van der Waals surface area contributed by atoms with Gasteiger partial charge in [0, 0.05) is 35.8 Å². The molecule has 3 heterocycles. The molecular weight excluding hydrogens is 392 g/mol. The molecule has 0 fully saturated rings. The number of hydrogen-bond donors (Lipinski definition) is 1. The first-order valence-electron chi connectivity index (χ1n) is 9.73. The van der Waals surface area contributed by atoms with E-state index in [1.807, 2.05) is 77.5 Å². The van der Waals surface area contributed by atoms with E-state index in [0.29, 0.717) is 23.8 Å². The van der Waals surface area contributed by atoms with Crippen LogP contribution in [0.1, 0.15) is 16.2 Å². The molecule has 7 nitrogen and oxygen atoms in total. The number of nitrogens with zero attached hydrogens (tertiary/aromatic N) is 3. The van der Waals surface area contributed by atoms with Crippen molar-refractivity contribution in [3.05, 3.63) is 103 Å². The number of amides is 1.